The lowest BCUT2D eigenvalue weighted by Crippen LogP contribution is -2.43. The molecule has 5 rings (SSSR count). The van der Waals surface area contributed by atoms with Crippen LogP contribution in [0.2, 0.25) is 10.2 Å². The van der Waals surface area contributed by atoms with Gasteiger partial charge in [0.1, 0.15) is 22.0 Å². The van der Waals surface area contributed by atoms with Crippen molar-refractivity contribution in [3.05, 3.63) is 74.0 Å². The molecule has 3 aromatic heterocycles. The third-order valence-corrected chi connectivity index (χ3v) is 6.97. The second kappa shape index (κ2) is 9.16. The van der Waals surface area contributed by atoms with Gasteiger partial charge in [0.2, 0.25) is 10.9 Å². The monoisotopic (exact) mass is 559 g/mol. The highest BCUT2D eigenvalue weighted by Crippen LogP contribution is 2.38. The molecule has 188 valence electrons. The maximum absolute atomic E-state index is 15.0. The molecular formula is C22H15Cl2F4N5O2S. The number of halogens is 6. The maximum atomic E-state index is 15.0. The molecule has 1 aliphatic rings. The molecule has 36 heavy (non-hydrogen) atoms. The summed E-state index contributed by atoms with van der Waals surface area (Å²) in [5.74, 6) is -1.49. The Balaban J connectivity index is 1.48. The number of aryl methyl sites for hydroxylation is 1. The summed E-state index contributed by atoms with van der Waals surface area (Å²) < 4.78 is 60.8. The molecule has 1 aliphatic heterocycles. The van der Waals surface area contributed by atoms with Gasteiger partial charge in [-0.1, -0.05) is 34.5 Å². The molecule has 0 saturated carbocycles. The van der Waals surface area contributed by atoms with Crippen molar-refractivity contribution in [1.29, 1.82) is 0 Å². The van der Waals surface area contributed by atoms with Gasteiger partial charge in [0.05, 0.1) is 22.0 Å². The van der Waals surface area contributed by atoms with Crippen LogP contribution in [-0.2, 0) is 17.4 Å². The molecule has 0 bridgehead atoms. The zero-order chi connectivity index (χ0) is 25.8. The number of nitrogens with zero attached hydrogens (tertiary/aromatic N) is 5. The van der Waals surface area contributed by atoms with Crippen LogP contribution < -0.4 is 4.74 Å². The topological polar surface area (TPSA) is 72.6 Å². The number of aromatic nitrogens is 4. The summed E-state index contributed by atoms with van der Waals surface area (Å²) in [5, 5.41) is 4.85. The van der Waals surface area contributed by atoms with Gasteiger partial charge < -0.3 is 9.64 Å². The van der Waals surface area contributed by atoms with Gasteiger partial charge in [-0.25, -0.2) is 14.5 Å². The van der Waals surface area contributed by atoms with E-state index in [1.165, 1.54) is 28.4 Å². The number of imidazole rings is 1. The number of amides is 1. The number of fused-ring (bicyclic) bond motifs is 3. The fourth-order valence-corrected chi connectivity index (χ4v) is 5.23. The van der Waals surface area contributed by atoms with Crippen molar-refractivity contribution in [2.75, 3.05) is 13.2 Å². The van der Waals surface area contributed by atoms with E-state index in [-0.39, 0.29) is 28.0 Å². The van der Waals surface area contributed by atoms with Crippen LogP contribution >= 0.6 is 34.5 Å². The summed E-state index contributed by atoms with van der Waals surface area (Å²) in [6.45, 7) is 1.45. The van der Waals surface area contributed by atoms with Crippen LogP contribution in [0.4, 0.5) is 17.6 Å². The fourth-order valence-electron chi connectivity index (χ4n) is 4.09. The van der Waals surface area contributed by atoms with Crippen molar-refractivity contribution in [2.24, 2.45) is 0 Å². The largest absolute Gasteiger partial charge is 0.482 e. The van der Waals surface area contributed by atoms with Crippen molar-refractivity contribution in [3.8, 4) is 5.75 Å². The third-order valence-electron chi connectivity index (χ3n) is 5.64. The van der Waals surface area contributed by atoms with E-state index in [2.05, 4.69) is 15.1 Å². The summed E-state index contributed by atoms with van der Waals surface area (Å²) >= 11 is 13.1. The maximum Gasteiger partial charge on any atom is 0.416 e. The summed E-state index contributed by atoms with van der Waals surface area (Å²) in [6.07, 6.45) is -4.19. The van der Waals surface area contributed by atoms with Crippen LogP contribution in [0, 0.1) is 12.9 Å². The SMILES string of the molecule is Cc1nn2c3c(nc2s1)CCN(C(=O)COc1ccc(C(F)(F)F)cc1Cl)C3c1ccc(Cl)nc1F. The normalized spacial score (nSPS) is 15.9. The summed E-state index contributed by atoms with van der Waals surface area (Å²) in [4.78, 5) is 23.6. The Morgan fingerprint density at radius 1 is 1.22 bits per heavy atom. The van der Waals surface area contributed by atoms with Crippen LogP contribution in [0.15, 0.2) is 30.3 Å². The molecule has 0 N–H and O–H groups in total. The Bertz CT molecular complexity index is 1490. The van der Waals surface area contributed by atoms with E-state index in [9.17, 15) is 22.4 Å². The van der Waals surface area contributed by atoms with Crippen molar-refractivity contribution in [2.45, 2.75) is 25.6 Å². The minimum Gasteiger partial charge on any atom is -0.482 e. The molecule has 4 aromatic rings. The second-order valence-corrected chi connectivity index (χ2v) is 9.90. The first kappa shape index (κ1) is 24.7. The first-order chi connectivity index (χ1) is 17.0. The number of carbonyl (C=O) groups is 1. The first-order valence-corrected chi connectivity index (χ1v) is 12.1. The molecule has 0 fully saturated rings. The molecule has 0 aliphatic carbocycles. The lowest BCUT2D eigenvalue weighted by atomic mass is 9.96. The molecule has 0 saturated heterocycles. The van der Waals surface area contributed by atoms with E-state index < -0.39 is 36.2 Å². The van der Waals surface area contributed by atoms with Crippen LogP contribution in [0.5, 0.6) is 5.75 Å². The molecule has 14 heteroatoms. The molecule has 7 nitrogen and oxygen atoms in total. The Morgan fingerprint density at radius 3 is 2.69 bits per heavy atom. The fraction of sp³-hybridized carbons (Fsp3) is 0.273. The Kier molecular flexibility index (Phi) is 6.29. The number of benzene rings is 1. The average molecular weight is 560 g/mol. The zero-order valence-corrected chi connectivity index (χ0v) is 20.6. The molecule has 0 spiro atoms. The van der Waals surface area contributed by atoms with Crippen molar-refractivity contribution < 1.29 is 27.1 Å². The highest BCUT2D eigenvalue weighted by molar-refractivity contribution is 7.16. The average Bonchev–Trinajstić information content (AvgIpc) is 3.32. The van der Waals surface area contributed by atoms with Crippen LogP contribution in [0.3, 0.4) is 0 Å². The van der Waals surface area contributed by atoms with Gasteiger partial charge in [0.15, 0.2) is 6.61 Å². The second-order valence-electron chi connectivity index (χ2n) is 7.94. The number of carbonyl (C=O) groups excluding carboxylic acids is 1. The Hall–Kier alpha value is -2.96. The number of ether oxygens (including phenoxy) is 1. The Morgan fingerprint density at radius 2 is 2.00 bits per heavy atom. The van der Waals surface area contributed by atoms with Gasteiger partial charge in [0, 0.05) is 18.5 Å². The lowest BCUT2D eigenvalue weighted by Gasteiger charge is -2.35. The quantitative estimate of drug-likeness (QED) is 0.243. The van der Waals surface area contributed by atoms with Gasteiger partial charge in [-0.2, -0.15) is 22.7 Å². The smallest absolute Gasteiger partial charge is 0.416 e. The summed E-state index contributed by atoms with van der Waals surface area (Å²) in [6, 6.07) is 4.50. The summed E-state index contributed by atoms with van der Waals surface area (Å²) in [7, 11) is 0. The zero-order valence-electron chi connectivity index (χ0n) is 18.3. The van der Waals surface area contributed by atoms with Crippen molar-refractivity contribution in [3.63, 3.8) is 0 Å². The van der Waals surface area contributed by atoms with Crippen LogP contribution in [0.25, 0.3) is 4.96 Å². The van der Waals surface area contributed by atoms with E-state index >= 15 is 0 Å². The Labute approximate surface area is 215 Å². The van der Waals surface area contributed by atoms with Gasteiger partial charge in [-0.15, -0.1) is 0 Å². The number of hydrogen-bond donors (Lipinski definition) is 0. The molecule has 4 heterocycles. The lowest BCUT2D eigenvalue weighted by molar-refractivity contribution is -0.138. The molecule has 0 radical (unpaired) electrons. The predicted octanol–water partition coefficient (Wildman–Crippen LogP) is 5.51. The number of rotatable bonds is 4. The minimum atomic E-state index is -4.57. The van der Waals surface area contributed by atoms with Crippen molar-refractivity contribution in [1.82, 2.24) is 24.5 Å². The minimum absolute atomic E-state index is 0.0478. The van der Waals surface area contributed by atoms with E-state index in [0.29, 0.717) is 22.8 Å². The summed E-state index contributed by atoms with van der Waals surface area (Å²) in [5.41, 5.74) is 0.339. The highest BCUT2D eigenvalue weighted by Gasteiger charge is 2.39. The third kappa shape index (κ3) is 4.48. The number of alkyl halides is 3. The van der Waals surface area contributed by atoms with Gasteiger partial charge in [0.25, 0.3) is 5.91 Å². The number of hydrogen-bond acceptors (Lipinski definition) is 6. The molecular weight excluding hydrogens is 545 g/mol. The standard InChI is InChI=1S/C22H15Cl2F4N5O2S/c1-10-31-33-19-14(29-21(33)36-10)6-7-32(18(19)12-3-5-16(24)30-20(12)25)17(34)9-35-15-4-2-11(8-13(15)23)22(26,27)28/h2-5,8,18H,6-7,9H2,1H3. The van der Waals surface area contributed by atoms with E-state index in [0.717, 1.165) is 23.2 Å². The van der Waals surface area contributed by atoms with Gasteiger partial charge in [-0.3, -0.25) is 4.79 Å². The van der Waals surface area contributed by atoms with Gasteiger partial charge >= 0.3 is 6.18 Å². The highest BCUT2D eigenvalue weighted by atomic mass is 35.5. The first-order valence-electron chi connectivity index (χ1n) is 10.5. The van der Waals surface area contributed by atoms with Gasteiger partial charge in [-0.05, 0) is 37.3 Å². The van der Waals surface area contributed by atoms with E-state index in [4.69, 9.17) is 27.9 Å². The van der Waals surface area contributed by atoms with E-state index in [1.807, 2.05) is 0 Å². The molecule has 1 aromatic carbocycles. The van der Waals surface area contributed by atoms with Crippen molar-refractivity contribution >= 4 is 45.4 Å². The van der Waals surface area contributed by atoms with E-state index in [1.54, 1.807) is 11.4 Å². The predicted molar refractivity (Wildman–Crippen MR) is 124 cm³/mol. The number of pyridine rings is 1. The molecule has 1 unspecified atom stereocenters. The molecule has 1 atom stereocenters. The van der Waals surface area contributed by atoms with Crippen LogP contribution in [-0.4, -0.2) is 43.5 Å². The van der Waals surface area contributed by atoms with Crippen LogP contribution in [0.1, 0.15) is 33.6 Å². The molecule has 1 amide bonds.